The molecule has 0 bridgehead atoms. The molecular weight excluding hydrogens is 260 g/mol. The van der Waals surface area contributed by atoms with Crippen molar-refractivity contribution in [1.82, 2.24) is 9.97 Å². The lowest BCUT2D eigenvalue weighted by atomic mass is 10.2. The van der Waals surface area contributed by atoms with Crippen LogP contribution in [0, 0.1) is 6.92 Å². The Kier molecular flexibility index (Phi) is 3.53. The first kappa shape index (κ1) is 10.8. The summed E-state index contributed by atoms with van der Waals surface area (Å²) in [6, 6.07) is 1.79. The van der Waals surface area contributed by atoms with Crippen LogP contribution in [0.4, 0.5) is 0 Å². The number of hydrogen-bond acceptors (Lipinski definition) is 4. The molecule has 1 aliphatic heterocycles. The summed E-state index contributed by atoms with van der Waals surface area (Å²) in [5.41, 5.74) is 0. The van der Waals surface area contributed by atoms with Crippen LogP contribution in [0.5, 0.6) is 5.88 Å². The minimum Gasteiger partial charge on any atom is -0.474 e. The second kappa shape index (κ2) is 4.90. The second-order valence-electron chi connectivity index (χ2n) is 3.51. The summed E-state index contributed by atoms with van der Waals surface area (Å²) in [5.74, 6) is 1.35. The van der Waals surface area contributed by atoms with Crippen LogP contribution in [-0.4, -0.2) is 29.3 Å². The van der Waals surface area contributed by atoms with Crippen LogP contribution in [0.25, 0.3) is 0 Å². The molecular formula is C10H13BrN2O2. The Bertz CT molecular complexity index is 320. The Labute approximate surface area is 97.1 Å². The molecule has 1 aliphatic rings. The van der Waals surface area contributed by atoms with Crippen molar-refractivity contribution < 1.29 is 9.47 Å². The molecule has 1 aromatic heterocycles. The lowest BCUT2D eigenvalue weighted by Gasteiger charge is -2.22. The van der Waals surface area contributed by atoms with Gasteiger partial charge in [0.2, 0.25) is 5.88 Å². The smallest absolute Gasteiger partial charge is 0.217 e. The molecule has 15 heavy (non-hydrogen) atoms. The number of rotatable bonds is 2. The predicted octanol–water partition coefficient (Wildman–Crippen LogP) is 2.11. The van der Waals surface area contributed by atoms with Crippen LogP contribution < -0.4 is 4.74 Å². The zero-order chi connectivity index (χ0) is 10.7. The van der Waals surface area contributed by atoms with Gasteiger partial charge in [-0.2, -0.15) is 4.98 Å². The van der Waals surface area contributed by atoms with Gasteiger partial charge in [-0.15, -0.1) is 0 Å². The normalized spacial score (nSPS) is 17.7. The zero-order valence-corrected chi connectivity index (χ0v) is 10.2. The van der Waals surface area contributed by atoms with E-state index in [1.165, 1.54) is 0 Å². The predicted molar refractivity (Wildman–Crippen MR) is 58.9 cm³/mol. The third-order valence-corrected chi connectivity index (χ3v) is 2.65. The van der Waals surface area contributed by atoms with Gasteiger partial charge in [0, 0.05) is 18.9 Å². The van der Waals surface area contributed by atoms with E-state index >= 15 is 0 Å². The molecule has 0 saturated carbocycles. The van der Waals surface area contributed by atoms with Crippen molar-refractivity contribution in [2.45, 2.75) is 25.9 Å². The molecule has 1 aromatic rings. The number of ether oxygens (including phenoxy) is 2. The van der Waals surface area contributed by atoms with Crippen LogP contribution >= 0.6 is 15.9 Å². The van der Waals surface area contributed by atoms with Crippen molar-refractivity contribution >= 4 is 15.9 Å². The van der Waals surface area contributed by atoms with E-state index in [-0.39, 0.29) is 6.10 Å². The SMILES string of the molecule is Cc1nc(Br)cc(OC2CCOCC2)n1. The van der Waals surface area contributed by atoms with Crippen LogP contribution in [0.2, 0.25) is 0 Å². The molecule has 82 valence electrons. The summed E-state index contributed by atoms with van der Waals surface area (Å²) >= 11 is 3.32. The molecule has 0 unspecified atom stereocenters. The molecule has 2 heterocycles. The highest BCUT2D eigenvalue weighted by Crippen LogP contribution is 2.18. The lowest BCUT2D eigenvalue weighted by molar-refractivity contribution is 0.0236. The van der Waals surface area contributed by atoms with Crippen molar-refractivity contribution in [2.75, 3.05) is 13.2 Å². The summed E-state index contributed by atoms with van der Waals surface area (Å²) in [4.78, 5) is 8.35. The van der Waals surface area contributed by atoms with Crippen molar-refractivity contribution in [3.8, 4) is 5.88 Å². The highest BCUT2D eigenvalue weighted by atomic mass is 79.9. The monoisotopic (exact) mass is 272 g/mol. The fourth-order valence-corrected chi connectivity index (χ4v) is 1.98. The number of aromatic nitrogens is 2. The maximum atomic E-state index is 5.76. The van der Waals surface area contributed by atoms with Gasteiger partial charge >= 0.3 is 0 Å². The van der Waals surface area contributed by atoms with E-state index in [9.17, 15) is 0 Å². The Balaban J connectivity index is 2.02. The number of halogens is 1. The molecule has 0 spiro atoms. The average molecular weight is 273 g/mol. The van der Waals surface area contributed by atoms with Gasteiger partial charge in [0.25, 0.3) is 0 Å². The van der Waals surface area contributed by atoms with Crippen molar-refractivity contribution in [1.29, 1.82) is 0 Å². The van der Waals surface area contributed by atoms with Gasteiger partial charge in [-0.1, -0.05) is 0 Å². The van der Waals surface area contributed by atoms with Gasteiger partial charge < -0.3 is 9.47 Å². The fraction of sp³-hybridized carbons (Fsp3) is 0.600. The van der Waals surface area contributed by atoms with Crippen LogP contribution in [0.15, 0.2) is 10.7 Å². The molecule has 1 saturated heterocycles. The van der Waals surface area contributed by atoms with Gasteiger partial charge in [0.1, 0.15) is 16.5 Å². The zero-order valence-electron chi connectivity index (χ0n) is 8.57. The first-order valence-electron chi connectivity index (χ1n) is 4.99. The van der Waals surface area contributed by atoms with Crippen LogP contribution in [0.3, 0.4) is 0 Å². The number of nitrogens with zero attached hydrogens (tertiary/aromatic N) is 2. The molecule has 0 atom stereocenters. The van der Waals surface area contributed by atoms with Gasteiger partial charge in [-0.25, -0.2) is 4.98 Å². The standard InChI is InChI=1S/C10H13BrN2O2/c1-7-12-9(11)6-10(13-7)15-8-2-4-14-5-3-8/h6,8H,2-5H2,1H3. The molecule has 0 amide bonds. The number of hydrogen-bond donors (Lipinski definition) is 0. The van der Waals surface area contributed by atoms with E-state index < -0.39 is 0 Å². The van der Waals surface area contributed by atoms with Gasteiger partial charge in [0.15, 0.2) is 0 Å². The Morgan fingerprint density at radius 2 is 2.13 bits per heavy atom. The van der Waals surface area contributed by atoms with E-state index in [4.69, 9.17) is 9.47 Å². The second-order valence-corrected chi connectivity index (χ2v) is 4.32. The van der Waals surface area contributed by atoms with Crippen LogP contribution in [0.1, 0.15) is 18.7 Å². The van der Waals surface area contributed by atoms with Crippen molar-refractivity contribution in [3.63, 3.8) is 0 Å². The van der Waals surface area contributed by atoms with E-state index in [0.717, 1.165) is 30.7 Å². The molecule has 0 radical (unpaired) electrons. The van der Waals surface area contributed by atoms with Crippen molar-refractivity contribution in [2.24, 2.45) is 0 Å². The quantitative estimate of drug-likeness (QED) is 0.774. The minimum atomic E-state index is 0.222. The van der Waals surface area contributed by atoms with E-state index in [1.807, 2.05) is 6.92 Å². The molecule has 4 nitrogen and oxygen atoms in total. The highest BCUT2D eigenvalue weighted by Gasteiger charge is 2.16. The molecule has 2 rings (SSSR count). The average Bonchev–Trinajstić information content (AvgIpc) is 2.17. The topological polar surface area (TPSA) is 44.2 Å². The molecule has 0 N–H and O–H groups in total. The maximum Gasteiger partial charge on any atom is 0.217 e. The molecule has 0 aliphatic carbocycles. The Morgan fingerprint density at radius 3 is 2.80 bits per heavy atom. The summed E-state index contributed by atoms with van der Waals surface area (Å²) in [5, 5.41) is 0. The summed E-state index contributed by atoms with van der Waals surface area (Å²) in [7, 11) is 0. The maximum absolute atomic E-state index is 5.76. The van der Waals surface area contributed by atoms with E-state index in [0.29, 0.717) is 11.7 Å². The first-order valence-corrected chi connectivity index (χ1v) is 5.79. The first-order chi connectivity index (χ1) is 7.24. The van der Waals surface area contributed by atoms with Gasteiger partial charge in [-0.05, 0) is 22.9 Å². The lowest BCUT2D eigenvalue weighted by Crippen LogP contribution is -2.26. The van der Waals surface area contributed by atoms with E-state index in [2.05, 4.69) is 25.9 Å². The van der Waals surface area contributed by atoms with Crippen LogP contribution in [-0.2, 0) is 4.74 Å². The Hall–Kier alpha value is -0.680. The minimum absolute atomic E-state index is 0.222. The van der Waals surface area contributed by atoms with Crippen molar-refractivity contribution in [3.05, 3.63) is 16.5 Å². The van der Waals surface area contributed by atoms with Gasteiger partial charge in [-0.3, -0.25) is 0 Å². The largest absolute Gasteiger partial charge is 0.474 e. The third-order valence-electron chi connectivity index (χ3n) is 2.24. The molecule has 5 heteroatoms. The molecule has 1 fully saturated rings. The van der Waals surface area contributed by atoms with E-state index in [1.54, 1.807) is 6.07 Å². The highest BCUT2D eigenvalue weighted by molar-refractivity contribution is 9.10. The summed E-state index contributed by atoms with van der Waals surface area (Å²) < 4.78 is 11.8. The van der Waals surface area contributed by atoms with Gasteiger partial charge in [0.05, 0.1) is 13.2 Å². The third kappa shape index (κ3) is 3.14. The Morgan fingerprint density at radius 1 is 1.40 bits per heavy atom. The number of aryl methyl sites for hydroxylation is 1. The summed E-state index contributed by atoms with van der Waals surface area (Å²) in [6.45, 7) is 3.40. The summed E-state index contributed by atoms with van der Waals surface area (Å²) in [6.07, 6.45) is 2.08. The molecule has 0 aromatic carbocycles. The fourth-order valence-electron chi connectivity index (χ4n) is 1.53.